The zero-order valence-corrected chi connectivity index (χ0v) is 14.5. The molecule has 2 rings (SSSR count). The summed E-state index contributed by atoms with van der Waals surface area (Å²) in [6.07, 6.45) is 0. The first-order valence-electron chi connectivity index (χ1n) is 7.33. The third-order valence-electron chi connectivity index (χ3n) is 3.64. The van der Waals surface area contributed by atoms with Gasteiger partial charge in [0.25, 0.3) is 0 Å². The van der Waals surface area contributed by atoms with Crippen molar-refractivity contribution in [2.75, 3.05) is 58.7 Å². The van der Waals surface area contributed by atoms with E-state index in [4.69, 9.17) is 23.2 Å². The number of nitrogens with one attached hydrogen (secondary N) is 1. The molecule has 1 aliphatic heterocycles. The number of likely N-dealkylation sites (N-methyl/N-ethyl adjacent to an activating group) is 1. The summed E-state index contributed by atoms with van der Waals surface area (Å²) in [6, 6.07) is 4.92. The van der Waals surface area contributed by atoms with Crippen LogP contribution in [0.2, 0.25) is 10.0 Å². The van der Waals surface area contributed by atoms with Crippen molar-refractivity contribution in [1.82, 2.24) is 14.7 Å². The molecule has 22 heavy (non-hydrogen) atoms. The molecule has 1 aromatic rings. The fourth-order valence-corrected chi connectivity index (χ4v) is 2.87. The molecule has 7 heteroatoms. The van der Waals surface area contributed by atoms with Crippen molar-refractivity contribution in [2.24, 2.45) is 0 Å². The summed E-state index contributed by atoms with van der Waals surface area (Å²) in [5.74, 6) is 0. The van der Waals surface area contributed by atoms with Gasteiger partial charge in [-0.1, -0.05) is 23.2 Å². The number of rotatable bonds is 4. The van der Waals surface area contributed by atoms with Gasteiger partial charge in [0.05, 0.1) is 0 Å². The molecule has 1 aromatic carbocycles. The lowest BCUT2D eigenvalue weighted by Crippen LogP contribution is -2.51. The van der Waals surface area contributed by atoms with Crippen LogP contribution in [0, 0.1) is 0 Å². The Bertz CT molecular complexity index is 496. The van der Waals surface area contributed by atoms with Gasteiger partial charge in [-0.05, 0) is 32.3 Å². The summed E-state index contributed by atoms with van der Waals surface area (Å²) < 4.78 is 0. The highest BCUT2D eigenvalue weighted by molar-refractivity contribution is 6.35. The minimum absolute atomic E-state index is 0.106. The van der Waals surface area contributed by atoms with E-state index in [9.17, 15) is 4.79 Å². The van der Waals surface area contributed by atoms with E-state index in [-0.39, 0.29) is 6.03 Å². The summed E-state index contributed by atoms with van der Waals surface area (Å²) in [5.41, 5.74) is 0.623. The number of hydrogen-bond acceptors (Lipinski definition) is 3. The number of anilines is 1. The van der Waals surface area contributed by atoms with Gasteiger partial charge in [0.15, 0.2) is 0 Å². The number of carbonyl (C=O) groups excluding carboxylic acids is 1. The number of piperazine rings is 1. The molecule has 0 aliphatic carbocycles. The standard InChI is InChI=1S/C15H22Cl2N4O/c1-19(2)3-4-20-5-7-21(8-6-20)15(22)18-14-10-12(16)9-13(17)11-14/h9-11H,3-8H2,1-2H3,(H,18,22). The van der Waals surface area contributed by atoms with Crippen LogP contribution < -0.4 is 5.32 Å². The molecule has 1 fully saturated rings. The van der Waals surface area contributed by atoms with Crippen LogP contribution in [0.3, 0.4) is 0 Å². The quantitative estimate of drug-likeness (QED) is 0.912. The van der Waals surface area contributed by atoms with Gasteiger partial charge < -0.3 is 15.1 Å². The fraction of sp³-hybridized carbons (Fsp3) is 0.533. The average Bonchev–Trinajstić information content (AvgIpc) is 2.44. The molecule has 0 saturated carbocycles. The molecule has 1 heterocycles. The molecule has 0 radical (unpaired) electrons. The Labute approximate surface area is 141 Å². The van der Waals surface area contributed by atoms with E-state index in [1.165, 1.54) is 0 Å². The highest BCUT2D eigenvalue weighted by Gasteiger charge is 2.21. The second-order valence-electron chi connectivity index (χ2n) is 5.72. The summed E-state index contributed by atoms with van der Waals surface area (Å²) in [4.78, 5) is 18.6. The molecule has 0 bridgehead atoms. The highest BCUT2D eigenvalue weighted by Crippen LogP contribution is 2.22. The topological polar surface area (TPSA) is 38.8 Å². The maximum Gasteiger partial charge on any atom is 0.321 e. The molecule has 0 spiro atoms. The van der Waals surface area contributed by atoms with Crippen LogP contribution in [0.15, 0.2) is 18.2 Å². The number of halogens is 2. The lowest BCUT2D eigenvalue weighted by molar-refractivity contribution is 0.140. The van der Waals surface area contributed by atoms with Crippen molar-refractivity contribution in [3.8, 4) is 0 Å². The van der Waals surface area contributed by atoms with Crippen LogP contribution in [0.5, 0.6) is 0 Å². The minimum atomic E-state index is -0.106. The van der Waals surface area contributed by atoms with Gasteiger partial charge in [0, 0.05) is 55.0 Å². The molecule has 0 atom stereocenters. The van der Waals surface area contributed by atoms with Crippen LogP contribution in [-0.4, -0.2) is 74.1 Å². The molecular weight excluding hydrogens is 323 g/mol. The Morgan fingerprint density at radius 1 is 1.14 bits per heavy atom. The first-order chi connectivity index (χ1) is 10.4. The molecular formula is C15H22Cl2N4O. The van der Waals surface area contributed by atoms with E-state index < -0.39 is 0 Å². The molecule has 0 aromatic heterocycles. The number of urea groups is 1. The Balaban J connectivity index is 1.82. The molecule has 5 nitrogen and oxygen atoms in total. The van der Waals surface area contributed by atoms with Gasteiger partial charge in [-0.25, -0.2) is 4.79 Å². The van der Waals surface area contributed by atoms with Crippen LogP contribution in [-0.2, 0) is 0 Å². The number of nitrogens with zero attached hydrogens (tertiary/aromatic N) is 3. The monoisotopic (exact) mass is 344 g/mol. The molecule has 1 saturated heterocycles. The van der Waals surface area contributed by atoms with Gasteiger partial charge in [0.2, 0.25) is 0 Å². The highest BCUT2D eigenvalue weighted by atomic mass is 35.5. The maximum absolute atomic E-state index is 12.3. The van der Waals surface area contributed by atoms with Crippen molar-refractivity contribution < 1.29 is 4.79 Å². The fourth-order valence-electron chi connectivity index (χ4n) is 2.34. The van der Waals surface area contributed by atoms with Crippen molar-refractivity contribution in [3.63, 3.8) is 0 Å². The minimum Gasteiger partial charge on any atom is -0.322 e. The van der Waals surface area contributed by atoms with Crippen molar-refractivity contribution in [1.29, 1.82) is 0 Å². The normalized spacial score (nSPS) is 16.1. The third kappa shape index (κ3) is 5.32. The first kappa shape index (κ1) is 17.3. The Hall–Kier alpha value is -1.01. The zero-order valence-electron chi connectivity index (χ0n) is 13.0. The number of hydrogen-bond donors (Lipinski definition) is 1. The zero-order chi connectivity index (χ0) is 16.1. The Morgan fingerprint density at radius 3 is 2.27 bits per heavy atom. The predicted octanol–water partition coefficient (Wildman–Crippen LogP) is 2.70. The lowest BCUT2D eigenvalue weighted by atomic mass is 10.3. The van der Waals surface area contributed by atoms with Crippen LogP contribution in [0.1, 0.15) is 0 Å². The van der Waals surface area contributed by atoms with Gasteiger partial charge in [-0.3, -0.25) is 4.90 Å². The summed E-state index contributed by atoms with van der Waals surface area (Å²) in [5, 5.41) is 3.87. The Kier molecular flexibility index (Phi) is 6.32. The van der Waals surface area contributed by atoms with E-state index in [0.717, 1.165) is 39.3 Å². The van der Waals surface area contributed by atoms with Crippen LogP contribution in [0.25, 0.3) is 0 Å². The second-order valence-corrected chi connectivity index (χ2v) is 6.59. The van der Waals surface area contributed by atoms with Crippen LogP contribution in [0.4, 0.5) is 10.5 Å². The molecule has 1 N–H and O–H groups in total. The predicted molar refractivity (Wildman–Crippen MR) is 92.0 cm³/mol. The van der Waals surface area contributed by atoms with Crippen LogP contribution >= 0.6 is 23.2 Å². The van der Waals surface area contributed by atoms with E-state index in [0.29, 0.717) is 15.7 Å². The first-order valence-corrected chi connectivity index (χ1v) is 8.09. The van der Waals surface area contributed by atoms with Crippen molar-refractivity contribution >= 4 is 34.9 Å². The summed E-state index contributed by atoms with van der Waals surface area (Å²) >= 11 is 11.9. The van der Waals surface area contributed by atoms with E-state index in [1.807, 2.05) is 4.90 Å². The largest absolute Gasteiger partial charge is 0.322 e. The number of benzene rings is 1. The lowest BCUT2D eigenvalue weighted by Gasteiger charge is -2.35. The smallest absolute Gasteiger partial charge is 0.321 e. The summed E-state index contributed by atoms with van der Waals surface area (Å²) in [6.45, 7) is 5.33. The van der Waals surface area contributed by atoms with Gasteiger partial charge in [-0.2, -0.15) is 0 Å². The summed E-state index contributed by atoms with van der Waals surface area (Å²) in [7, 11) is 4.14. The van der Waals surface area contributed by atoms with E-state index in [2.05, 4.69) is 29.2 Å². The number of carbonyl (C=O) groups is 1. The third-order valence-corrected chi connectivity index (χ3v) is 4.07. The van der Waals surface area contributed by atoms with Crippen molar-refractivity contribution in [2.45, 2.75) is 0 Å². The Morgan fingerprint density at radius 2 is 1.73 bits per heavy atom. The van der Waals surface area contributed by atoms with Gasteiger partial charge in [-0.15, -0.1) is 0 Å². The average molecular weight is 345 g/mol. The van der Waals surface area contributed by atoms with Gasteiger partial charge >= 0.3 is 6.03 Å². The van der Waals surface area contributed by atoms with Gasteiger partial charge in [0.1, 0.15) is 0 Å². The number of amides is 2. The maximum atomic E-state index is 12.3. The SMILES string of the molecule is CN(C)CCN1CCN(C(=O)Nc2cc(Cl)cc(Cl)c2)CC1. The molecule has 122 valence electrons. The van der Waals surface area contributed by atoms with Crippen molar-refractivity contribution in [3.05, 3.63) is 28.2 Å². The molecule has 0 unspecified atom stereocenters. The van der Waals surface area contributed by atoms with E-state index >= 15 is 0 Å². The molecule has 2 amide bonds. The van der Waals surface area contributed by atoms with E-state index in [1.54, 1.807) is 18.2 Å². The second kappa shape index (κ2) is 8.02. The molecule has 1 aliphatic rings.